The Bertz CT molecular complexity index is 1050. The van der Waals surface area contributed by atoms with E-state index in [1.165, 1.54) is 11.3 Å². The van der Waals surface area contributed by atoms with Gasteiger partial charge in [0.25, 0.3) is 0 Å². The number of rotatable bonds is 5. The third kappa shape index (κ3) is 3.27. The number of fused-ring (bicyclic) bond motifs is 2. The molecule has 31 heavy (non-hydrogen) atoms. The zero-order chi connectivity index (χ0) is 21.0. The molecule has 9 nitrogen and oxygen atoms in total. The molecular formula is C21H26N6O3S. The van der Waals surface area contributed by atoms with Crippen LogP contribution in [0, 0.1) is 0 Å². The SMILES string of the molecule is O=S1COc2nc(N3CCC(c4ncc5c(n4)CC5)CC3)nc(NC3(CO)CCC3)c21. The third-order valence-corrected chi connectivity index (χ3v) is 8.25. The Kier molecular flexibility index (Phi) is 4.60. The van der Waals surface area contributed by atoms with Gasteiger partial charge in [-0.1, -0.05) is 0 Å². The van der Waals surface area contributed by atoms with E-state index in [-0.39, 0.29) is 18.1 Å². The summed E-state index contributed by atoms with van der Waals surface area (Å²) in [7, 11) is -1.29. The average molecular weight is 443 g/mol. The first kappa shape index (κ1) is 19.4. The molecule has 4 aliphatic rings. The van der Waals surface area contributed by atoms with Crippen molar-refractivity contribution in [2.45, 2.75) is 61.3 Å². The summed E-state index contributed by atoms with van der Waals surface area (Å²) in [6, 6.07) is 0. The van der Waals surface area contributed by atoms with Gasteiger partial charge >= 0.3 is 0 Å². The summed E-state index contributed by atoms with van der Waals surface area (Å²) >= 11 is 0. The lowest BCUT2D eigenvalue weighted by Crippen LogP contribution is -2.48. The van der Waals surface area contributed by atoms with Crippen molar-refractivity contribution < 1.29 is 14.1 Å². The lowest BCUT2D eigenvalue weighted by Gasteiger charge is -2.41. The molecule has 0 amide bonds. The van der Waals surface area contributed by atoms with E-state index >= 15 is 0 Å². The van der Waals surface area contributed by atoms with E-state index in [1.54, 1.807) is 0 Å². The van der Waals surface area contributed by atoms with Crippen LogP contribution in [0.4, 0.5) is 11.8 Å². The maximum atomic E-state index is 12.5. The van der Waals surface area contributed by atoms with Gasteiger partial charge in [0, 0.05) is 30.9 Å². The Morgan fingerprint density at radius 3 is 2.71 bits per heavy atom. The molecule has 2 aromatic rings. The van der Waals surface area contributed by atoms with Crippen LogP contribution in [0.1, 0.15) is 55.1 Å². The number of aromatic nitrogens is 4. The molecule has 2 aromatic heterocycles. The molecule has 164 valence electrons. The molecule has 10 heteroatoms. The second-order valence-electron chi connectivity index (χ2n) is 8.99. The van der Waals surface area contributed by atoms with Gasteiger partial charge in [-0.15, -0.1) is 0 Å². The summed E-state index contributed by atoms with van der Waals surface area (Å²) in [5.74, 6) is 2.94. The normalized spacial score (nSPS) is 23.9. The van der Waals surface area contributed by atoms with E-state index in [4.69, 9.17) is 14.7 Å². The van der Waals surface area contributed by atoms with E-state index in [0.29, 0.717) is 28.5 Å². The summed E-state index contributed by atoms with van der Waals surface area (Å²) in [6.07, 6.45) is 8.85. The van der Waals surface area contributed by atoms with Crippen molar-refractivity contribution in [3.8, 4) is 5.88 Å². The smallest absolute Gasteiger partial charge is 0.238 e. The molecule has 1 atom stereocenters. The Balaban J connectivity index is 1.23. The molecule has 1 saturated carbocycles. The Hall–Kier alpha value is -2.33. The van der Waals surface area contributed by atoms with Crippen LogP contribution in [0.25, 0.3) is 0 Å². The van der Waals surface area contributed by atoms with Crippen LogP contribution in [-0.4, -0.2) is 60.4 Å². The standard InChI is InChI=1S/C21H26N6O3S/c28-11-21(6-1-7-21)26-18-16-19(30-12-31(16)29)25-20(24-18)27-8-4-13(5-9-27)17-22-10-14-2-3-15(14)23-17/h10,13,28H,1-9,11-12H2,(H,24,25,26). The molecule has 0 radical (unpaired) electrons. The predicted octanol–water partition coefficient (Wildman–Crippen LogP) is 1.53. The van der Waals surface area contributed by atoms with Crippen LogP contribution in [-0.2, 0) is 23.6 Å². The van der Waals surface area contributed by atoms with Crippen molar-refractivity contribution in [1.82, 2.24) is 19.9 Å². The summed E-state index contributed by atoms with van der Waals surface area (Å²) in [5, 5.41) is 13.3. The van der Waals surface area contributed by atoms with Gasteiger partial charge in [0.05, 0.1) is 12.1 Å². The minimum absolute atomic E-state index is 0.0285. The van der Waals surface area contributed by atoms with Crippen LogP contribution in [0.15, 0.2) is 11.1 Å². The van der Waals surface area contributed by atoms with Gasteiger partial charge in [-0.05, 0) is 50.5 Å². The van der Waals surface area contributed by atoms with Gasteiger partial charge in [-0.3, -0.25) is 4.21 Å². The van der Waals surface area contributed by atoms with Crippen molar-refractivity contribution in [2.24, 2.45) is 0 Å². The summed E-state index contributed by atoms with van der Waals surface area (Å²) in [4.78, 5) is 21.4. The zero-order valence-electron chi connectivity index (χ0n) is 17.3. The fourth-order valence-corrected chi connectivity index (χ4v) is 5.74. The first-order valence-corrected chi connectivity index (χ1v) is 12.4. The van der Waals surface area contributed by atoms with E-state index in [9.17, 15) is 9.32 Å². The van der Waals surface area contributed by atoms with Gasteiger partial charge in [0.2, 0.25) is 11.8 Å². The summed E-state index contributed by atoms with van der Waals surface area (Å²) < 4.78 is 18.1. The second-order valence-corrected chi connectivity index (χ2v) is 10.3. The van der Waals surface area contributed by atoms with Gasteiger partial charge in [0.1, 0.15) is 21.5 Å². The molecule has 1 unspecified atom stereocenters. The number of nitrogens with zero attached hydrogens (tertiary/aromatic N) is 5. The number of piperidine rings is 1. The highest BCUT2D eigenvalue weighted by Gasteiger charge is 2.39. The third-order valence-electron chi connectivity index (χ3n) is 7.10. The van der Waals surface area contributed by atoms with Crippen molar-refractivity contribution in [1.29, 1.82) is 0 Å². The summed E-state index contributed by atoms with van der Waals surface area (Å²) in [5.41, 5.74) is 2.12. The number of anilines is 2. The van der Waals surface area contributed by atoms with Crippen LogP contribution in [0.3, 0.4) is 0 Å². The summed E-state index contributed by atoms with van der Waals surface area (Å²) in [6.45, 7) is 1.63. The molecular weight excluding hydrogens is 416 g/mol. The number of aryl methyl sites for hydroxylation is 2. The molecule has 0 spiro atoms. The minimum Gasteiger partial charge on any atom is -0.463 e. The van der Waals surface area contributed by atoms with Crippen LogP contribution >= 0.6 is 0 Å². The molecule has 2 aliphatic heterocycles. The number of nitrogens with one attached hydrogen (secondary N) is 1. The first-order valence-electron chi connectivity index (χ1n) is 11.1. The lowest BCUT2D eigenvalue weighted by atomic mass is 9.77. The van der Waals surface area contributed by atoms with Gasteiger partial charge in [-0.25, -0.2) is 9.97 Å². The molecule has 1 saturated heterocycles. The zero-order valence-corrected chi connectivity index (χ0v) is 18.2. The average Bonchev–Trinajstić information content (AvgIpc) is 3.13. The number of aliphatic hydroxyl groups excluding tert-OH is 1. The molecule has 2 aliphatic carbocycles. The first-order chi connectivity index (χ1) is 15.1. The van der Waals surface area contributed by atoms with Crippen LogP contribution < -0.4 is 15.0 Å². The quantitative estimate of drug-likeness (QED) is 0.712. The highest BCUT2D eigenvalue weighted by atomic mass is 32.2. The Morgan fingerprint density at radius 1 is 1.23 bits per heavy atom. The number of hydrogen-bond acceptors (Lipinski definition) is 9. The number of hydrogen-bond donors (Lipinski definition) is 2. The van der Waals surface area contributed by atoms with E-state index < -0.39 is 10.8 Å². The van der Waals surface area contributed by atoms with E-state index in [0.717, 1.165) is 63.9 Å². The van der Waals surface area contributed by atoms with Gasteiger partial charge in [0.15, 0.2) is 11.8 Å². The van der Waals surface area contributed by atoms with E-state index in [1.807, 2.05) is 6.20 Å². The highest BCUT2D eigenvalue weighted by Crippen LogP contribution is 2.40. The molecule has 0 bridgehead atoms. The molecule has 0 aromatic carbocycles. The van der Waals surface area contributed by atoms with Crippen molar-refractivity contribution in [3.05, 3.63) is 23.3 Å². The van der Waals surface area contributed by atoms with Crippen molar-refractivity contribution in [3.63, 3.8) is 0 Å². The highest BCUT2D eigenvalue weighted by molar-refractivity contribution is 7.85. The maximum absolute atomic E-state index is 12.5. The molecule has 6 rings (SSSR count). The topological polar surface area (TPSA) is 113 Å². The molecule has 2 N–H and O–H groups in total. The fourth-order valence-electron chi connectivity index (χ4n) is 4.79. The lowest BCUT2D eigenvalue weighted by molar-refractivity contribution is 0.143. The largest absolute Gasteiger partial charge is 0.463 e. The Morgan fingerprint density at radius 2 is 2.06 bits per heavy atom. The van der Waals surface area contributed by atoms with Crippen molar-refractivity contribution >= 4 is 22.6 Å². The monoisotopic (exact) mass is 442 g/mol. The maximum Gasteiger partial charge on any atom is 0.238 e. The van der Waals surface area contributed by atoms with Crippen molar-refractivity contribution in [2.75, 3.05) is 35.9 Å². The van der Waals surface area contributed by atoms with Crippen LogP contribution in [0.5, 0.6) is 5.88 Å². The Labute approximate surface area is 183 Å². The number of ether oxygens (including phenoxy) is 1. The fraction of sp³-hybridized carbons (Fsp3) is 0.619. The molecule has 2 fully saturated rings. The molecule has 4 heterocycles. The second kappa shape index (κ2) is 7.37. The van der Waals surface area contributed by atoms with E-state index in [2.05, 4.69) is 20.2 Å². The predicted molar refractivity (Wildman–Crippen MR) is 115 cm³/mol. The number of aliphatic hydroxyl groups is 1. The minimum atomic E-state index is -1.29. The van der Waals surface area contributed by atoms with Gasteiger partial charge < -0.3 is 20.1 Å². The van der Waals surface area contributed by atoms with Gasteiger partial charge in [-0.2, -0.15) is 9.97 Å². The van der Waals surface area contributed by atoms with Crippen LogP contribution in [0.2, 0.25) is 0 Å².